The zero-order valence-electron chi connectivity index (χ0n) is 23.7. The van der Waals surface area contributed by atoms with Gasteiger partial charge in [0.2, 0.25) is 0 Å². The summed E-state index contributed by atoms with van der Waals surface area (Å²) in [6, 6.07) is 15.0. The number of carbonyl (C=O) groups is 2. The van der Waals surface area contributed by atoms with Crippen LogP contribution >= 0.6 is 11.3 Å². The van der Waals surface area contributed by atoms with E-state index in [1.165, 1.54) is 16.9 Å². The third-order valence-corrected chi connectivity index (χ3v) is 8.24. The van der Waals surface area contributed by atoms with Crippen LogP contribution in [0.1, 0.15) is 34.8 Å². The number of aryl methyl sites for hydroxylation is 1. The quantitative estimate of drug-likeness (QED) is 0.289. The SMILES string of the molecule is Cn1ncc2cc(Nc3cccc(CC4COCCN4c4nc5c(s4)C(=O)NC(C)(C)C5)c3)ccc21.O=C(O)C(F)(F)F. The number of fused-ring (bicyclic) bond motifs is 2. The summed E-state index contributed by atoms with van der Waals surface area (Å²) in [7, 11) is 1.95. The molecule has 2 aromatic carbocycles. The van der Waals surface area contributed by atoms with Gasteiger partial charge in [0.1, 0.15) is 4.88 Å². The predicted molar refractivity (Wildman–Crippen MR) is 157 cm³/mol. The molecule has 0 radical (unpaired) electrons. The molecule has 1 atom stereocenters. The topological polar surface area (TPSA) is 122 Å². The molecule has 3 N–H and O–H groups in total. The van der Waals surface area contributed by atoms with Crippen LogP contribution in [0.5, 0.6) is 0 Å². The molecular weight excluding hydrogens is 585 g/mol. The van der Waals surface area contributed by atoms with Gasteiger partial charge in [0.25, 0.3) is 5.91 Å². The van der Waals surface area contributed by atoms with Gasteiger partial charge in [0.15, 0.2) is 5.13 Å². The molecule has 1 unspecified atom stereocenters. The molecule has 6 rings (SSSR count). The molecule has 0 aliphatic carbocycles. The number of carboxylic acids is 1. The number of hydrogen-bond acceptors (Lipinski definition) is 8. The first-order valence-corrected chi connectivity index (χ1v) is 14.4. The van der Waals surface area contributed by atoms with Crippen LogP contribution in [0.4, 0.5) is 29.7 Å². The number of amides is 1. The number of thiazole rings is 1. The Bertz CT molecular complexity index is 1650. The Morgan fingerprint density at radius 2 is 1.98 bits per heavy atom. The first-order valence-electron chi connectivity index (χ1n) is 13.5. The fraction of sp³-hybridized carbons (Fsp3) is 0.379. The molecule has 10 nitrogen and oxygen atoms in total. The van der Waals surface area contributed by atoms with Crippen LogP contribution in [0.2, 0.25) is 0 Å². The van der Waals surface area contributed by atoms with Crippen LogP contribution in [0.15, 0.2) is 48.7 Å². The fourth-order valence-corrected chi connectivity index (χ4v) is 6.19. The van der Waals surface area contributed by atoms with E-state index in [4.69, 9.17) is 19.6 Å². The summed E-state index contributed by atoms with van der Waals surface area (Å²) in [5.41, 5.74) is 5.05. The van der Waals surface area contributed by atoms with Gasteiger partial charge in [-0.15, -0.1) is 0 Å². The third kappa shape index (κ3) is 7.08. The second kappa shape index (κ2) is 11.8. The average molecular weight is 617 g/mol. The van der Waals surface area contributed by atoms with Gasteiger partial charge in [0.05, 0.1) is 36.7 Å². The smallest absolute Gasteiger partial charge is 0.475 e. The van der Waals surface area contributed by atoms with E-state index in [9.17, 15) is 18.0 Å². The fourth-order valence-electron chi connectivity index (χ4n) is 5.12. The van der Waals surface area contributed by atoms with Crippen molar-refractivity contribution in [3.63, 3.8) is 0 Å². The van der Waals surface area contributed by atoms with E-state index in [1.54, 1.807) is 0 Å². The van der Waals surface area contributed by atoms with Crippen molar-refractivity contribution in [2.75, 3.05) is 30.0 Å². The number of halogens is 3. The summed E-state index contributed by atoms with van der Waals surface area (Å²) in [5, 5.41) is 20.1. The molecule has 4 aromatic rings. The second-order valence-corrected chi connectivity index (χ2v) is 12.1. The number of ether oxygens (including phenoxy) is 1. The van der Waals surface area contributed by atoms with E-state index in [1.807, 2.05) is 31.8 Å². The highest BCUT2D eigenvalue weighted by Gasteiger charge is 2.38. The highest BCUT2D eigenvalue weighted by molar-refractivity contribution is 7.17. The molecule has 2 aliphatic heterocycles. The molecule has 1 saturated heterocycles. The molecule has 1 amide bonds. The number of morpholine rings is 1. The number of nitrogens with one attached hydrogen (secondary N) is 2. The summed E-state index contributed by atoms with van der Waals surface area (Å²) in [6.07, 6.45) is -1.62. The number of carbonyl (C=O) groups excluding carboxylic acids is 1. The van der Waals surface area contributed by atoms with Crippen molar-refractivity contribution in [3.05, 3.63) is 64.8 Å². The van der Waals surface area contributed by atoms with Crippen molar-refractivity contribution in [2.24, 2.45) is 7.05 Å². The largest absolute Gasteiger partial charge is 0.490 e. The standard InChI is InChI=1S/C27H30N6O2S.C2HF3O2/c1-27(2)14-22-24(25(34)31-27)36-26(30-22)33-9-10-35-16-21(33)12-17-5-4-6-19(11-17)29-20-7-8-23-18(13-20)15-28-32(23)3;3-2(4,5)1(6)7/h4-8,11,13,15,21,29H,9-10,12,14,16H2,1-3H3,(H,31,34);(H,6,7). The maximum Gasteiger partial charge on any atom is 0.490 e. The van der Waals surface area contributed by atoms with E-state index in [-0.39, 0.29) is 17.5 Å². The second-order valence-electron chi connectivity index (χ2n) is 11.1. The number of benzene rings is 2. The number of anilines is 3. The predicted octanol–water partition coefficient (Wildman–Crippen LogP) is 4.92. The Kier molecular flexibility index (Phi) is 8.34. The molecule has 228 valence electrons. The van der Waals surface area contributed by atoms with E-state index in [0.29, 0.717) is 13.2 Å². The van der Waals surface area contributed by atoms with Gasteiger partial charge >= 0.3 is 12.1 Å². The third-order valence-electron chi connectivity index (χ3n) is 7.10. The molecule has 14 heteroatoms. The number of carboxylic acid groups (broad SMARTS) is 1. The molecule has 2 aliphatic rings. The monoisotopic (exact) mass is 616 g/mol. The van der Waals surface area contributed by atoms with Crippen molar-refractivity contribution in [2.45, 2.75) is 44.4 Å². The molecule has 4 heterocycles. The molecule has 2 aromatic heterocycles. The van der Waals surface area contributed by atoms with Crippen molar-refractivity contribution in [1.82, 2.24) is 20.1 Å². The molecular formula is C29H31F3N6O4S. The number of hydrogen-bond donors (Lipinski definition) is 3. The minimum absolute atomic E-state index is 0.0157. The van der Waals surface area contributed by atoms with E-state index in [2.05, 4.69) is 63.1 Å². The number of aliphatic carboxylic acids is 1. The number of alkyl halides is 3. The maximum atomic E-state index is 12.6. The Balaban J connectivity index is 0.000000472. The lowest BCUT2D eigenvalue weighted by molar-refractivity contribution is -0.192. The van der Waals surface area contributed by atoms with Crippen molar-refractivity contribution >= 4 is 50.6 Å². The van der Waals surface area contributed by atoms with Crippen LogP contribution in [0.25, 0.3) is 10.9 Å². The molecule has 43 heavy (non-hydrogen) atoms. The van der Waals surface area contributed by atoms with Gasteiger partial charge in [-0.2, -0.15) is 18.3 Å². The normalized spacial score (nSPS) is 18.0. The Morgan fingerprint density at radius 3 is 2.72 bits per heavy atom. The van der Waals surface area contributed by atoms with Gasteiger partial charge in [-0.25, -0.2) is 9.78 Å². The summed E-state index contributed by atoms with van der Waals surface area (Å²) in [6.45, 7) is 6.15. The van der Waals surface area contributed by atoms with Crippen LogP contribution in [-0.2, 0) is 29.4 Å². The van der Waals surface area contributed by atoms with Gasteiger partial charge in [-0.05, 0) is 56.2 Å². The Labute approximate surface area is 249 Å². The maximum absolute atomic E-state index is 12.6. The lowest BCUT2D eigenvalue weighted by Gasteiger charge is -2.35. The Hall–Kier alpha value is -4.17. The van der Waals surface area contributed by atoms with Gasteiger partial charge in [-0.3, -0.25) is 9.48 Å². The summed E-state index contributed by atoms with van der Waals surface area (Å²) < 4.78 is 39.5. The van der Waals surface area contributed by atoms with Gasteiger partial charge in [-0.1, -0.05) is 23.5 Å². The minimum atomic E-state index is -5.08. The minimum Gasteiger partial charge on any atom is -0.475 e. The van der Waals surface area contributed by atoms with E-state index >= 15 is 0 Å². The summed E-state index contributed by atoms with van der Waals surface area (Å²) >= 11 is 1.50. The highest BCUT2D eigenvalue weighted by Crippen LogP contribution is 2.34. The Morgan fingerprint density at radius 1 is 1.23 bits per heavy atom. The van der Waals surface area contributed by atoms with Gasteiger partial charge in [0, 0.05) is 42.3 Å². The molecule has 0 saturated carbocycles. The first kappa shape index (κ1) is 30.3. The van der Waals surface area contributed by atoms with Crippen molar-refractivity contribution < 1.29 is 32.6 Å². The van der Waals surface area contributed by atoms with Crippen LogP contribution in [-0.4, -0.2) is 69.3 Å². The van der Waals surface area contributed by atoms with Crippen molar-refractivity contribution in [3.8, 4) is 0 Å². The lowest BCUT2D eigenvalue weighted by Crippen LogP contribution is -2.48. The zero-order chi connectivity index (χ0) is 30.9. The number of rotatable bonds is 5. The van der Waals surface area contributed by atoms with E-state index < -0.39 is 12.1 Å². The summed E-state index contributed by atoms with van der Waals surface area (Å²) in [5.74, 6) is -2.77. The van der Waals surface area contributed by atoms with Crippen LogP contribution < -0.4 is 15.5 Å². The molecule has 0 bridgehead atoms. The number of nitrogens with zero attached hydrogens (tertiary/aromatic N) is 4. The van der Waals surface area contributed by atoms with E-state index in [0.717, 1.165) is 57.4 Å². The summed E-state index contributed by atoms with van der Waals surface area (Å²) in [4.78, 5) is 29.5. The highest BCUT2D eigenvalue weighted by atomic mass is 32.1. The molecule has 0 spiro atoms. The molecule has 1 fully saturated rings. The first-order chi connectivity index (χ1) is 20.3. The lowest BCUT2D eigenvalue weighted by atomic mass is 9.94. The average Bonchev–Trinajstić information content (AvgIpc) is 3.52. The van der Waals surface area contributed by atoms with Crippen LogP contribution in [0, 0.1) is 0 Å². The van der Waals surface area contributed by atoms with Crippen LogP contribution in [0.3, 0.4) is 0 Å². The van der Waals surface area contributed by atoms with Crippen molar-refractivity contribution in [1.29, 1.82) is 0 Å². The zero-order valence-corrected chi connectivity index (χ0v) is 24.6. The van der Waals surface area contributed by atoms with Gasteiger partial charge < -0.3 is 25.4 Å². The number of aromatic nitrogens is 3.